The number of ketones is 1. The van der Waals surface area contributed by atoms with E-state index in [-0.39, 0.29) is 42.6 Å². The van der Waals surface area contributed by atoms with E-state index >= 15 is 0 Å². The number of ether oxygens (including phenoxy) is 1. The summed E-state index contributed by atoms with van der Waals surface area (Å²) in [5.74, 6) is -0.565. The minimum Gasteiger partial charge on any atom is -0.464 e. The van der Waals surface area contributed by atoms with Crippen LogP contribution in [0.5, 0.6) is 0 Å². The molecule has 0 fully saturated rings. The molecule has 0 aromatic rings. The number of nitrogens with zero attached hydrogens (tertiary/aromatic N) is 5. The van der Waals surface area contributed by atoms with Crippen LogP contribution in [-0.2, 0) is 19.1 Å². The number of azide groups is 1. The van der Waals surface area contributed by atoms with Crippen molar-refractivity contribution in [2.24, 2.45) is 21.9 Å². The first-order chi connectivity index (χ1) is 14.7. The molecule has 1 aliphatic heterocycles. The topological polar surface area (TPSA) is 125 Å². The Morgan fingerprint density at radius 2 is 1.97 bits per heavy atom. The molecule has 4 atom stereocenters. The van der Waals surface area contributed by atoms with Crippen LogP contribution >= 0.6 is 11.8 Å². The molecule has 0 saturated carbocycles. The van der Waals surface area contributed by atoms with Crippen molar-refractivity contribution in [3.63, 3.8) is 0 Å². The highest BCUT2D eigenvalue weighted by atomic mass is 32.2. The smallest absolute Gasteiger partial charge is 0.331 e. The van der Waals surface area contributed by atoms with Crippen molar-refractivity contribution >= 4 is 34.5 Å². The average Bonchev–Trinajstić information content (AvgIpc) is 3.24. The number of carbonyl (C=O) groups excluding carboxylic acids is 3. The first-order valence-electron chi connectivity index (χ1n) is 11.0. The summed E-state index contributed by atoms with van der Waals surface area (Å²) in [5.41, 5.74) is 8.96. The molecule has 0 aliphatic carbocycles. The van der Waals surface area contributed by atoms with Gasteiger partial charge in [0.05, 0.1) is 6.61 Å². The number of aliphatic imine (C=N–C) groups is 1. The van der Waals surface area contributed by atoms with Gasteiger partial charge in [-0.05, 0) is 30.7 Å². The van der Waals surface area contributed by atoms with E-state index in [1.165, 1.54) is 11.8 Å². The molecule has 0 saturated heterocycles. The molecule has 9 nitrogen and oxygen atoms in total. The van der Waals surface area contributed by atoms with Gasteiger partial charge in [0.2, 0.25) is 5.91 Å². The van der Waals surface area contributed by atoms with Gasteiger partial charge in [-0.25, -0.2) is 4.79 Å². The molecule has 1 amide bonds. The molecule has 0 radical (unpaired) electrons. The van der Waals surface area contributed by atoms with Gasteiger partial charge >= 0.3 is 5.97 Å². The van der Waals surface area contributed by atoms with Crippen molar-refractivity contribution in [3.05, 3.63) is 10.4 Å². The van der Waals surface area contributed by atoms with Crippen molar-refractivity contribution in [1.29, 1.82) is 0 Å². The van der Waals surface area contributed by atoms with E-state index in [2.05, 4.69) is 15.0 Å². The zero-order valence-electron chi connectivity index (χ0n) is 19.4. The fourth-order valence-electron chi connectivity index (χ4n) is 3.40. The first kappa shape index (κ1) is 27.0. The summed E-state index contributed by atoms with van der Waals surface area (Å²) in [6, 6.07) is -1.82. The molecule has 174 valence electrons. The van der Waals surface area contributed by atoms with Crippen molar-refractivity contribution < 1.29 is 19.1 Å². The molecule has 0 aromatic carbocycles. The Hall–Kier alpha value is -2.06. The van der Waals surface area contributed by atoms with Gasteiger partial charge in [0.15, 0.2) is 11.8 Å². The second-order valence-electron chi connectivity index (χ2n) is 8.02. The fraction of sp³-hybridized carbons (Fsp3) is 0.810. The molecule has 10 heteroatoms. The lowest BCUT2D eigenvalue weighted by atomic mass is 9.93. The molecule has 31 heavy (non-hydrogen) atoms. The Balaban J connectivity index is 3.09. The summed E-state index contributed by atoms with van der Waals surface area (Å²) < 4.78 is 4.99. The summed E-state index contributed by atoms with van der Waals surface area (Å²) in [6.07, 6.45) is 1.52. The van der Waals surface area contributed by atoms with Crippen LogP contribution in [0.1, 0.15) is 60.8 Å². The van der Waals surface area contributed by atoms with Crippen LogP contribution in [0.2, 0.25) is 0 Å². The monoisotopic (exact) mass is 453 g/mol. The van der Waals surface area contributed by atoms with Crippen LogP contribution in [0.4, 0.5) is 0 Å². The molecule has 1 heterocycles. The van der Waals surface area contributed by atoms with E-state index in [0.717, 1.165) is 0 Å². The van der Waals surface area contributed by atoms with E-state index < -0.39 is 18.1 Å². The molecule has 1 rings (SSSR count). The second-order valence-corrected chi connectivity index (χ2v) is 9.03. The third kappa shape index (κ3) is 7.54. The zero-order chi connectivity index (χ0) is 23.6. The Labute approximate surface area is 189 Å². The number of Topliss-reactive ketones (excluding diaryl/α,β-unsaturated/α-hetero) is 1. The van der Waals surface area contributed by atoms with Gasteiger partial charge in [0, 0.05) is 29.7 Å². The number of carbonyl (C=O) groups is 3. The molecular weight excluding hydrogens is 418 g/mol. The molecule has 0 spiro atoms. The van der Waals surface area contributed by atoms with Crippen molar-refractivity contribution in [1.82, 2.24) is 4.90 Å². The number of esters is 1. The third-order valence-electron chi connectivity index (χ3n) is 5.37. The molecule has 0 bridgehead atoms. The summed E-state index contributed by atoms with van der Waals surface area (Å²) in [6.45, 7) is 12.2. The lowest BCUT2D eigenvalue weighted by Crippen LogP contribution is -2.50. The van der Waals surface area contributed by atoms with E-state index in [0.29, 0.717) is 30.2 Å². The van der Waals surface area contributed by atoms with Gasteiger partial charge in [-0.15, -0.1) is 11.8 Å². The second kappa shape index (κ2) is 13.4. The Bertz CT molecular complexity index is 721. The average molecular weight is 454 g/mol. The number of rotatable bonds is 13. The molecule has 0 N–H and O–H groups in total. The minimum atomic E-state index is -0.802. The SMILES string of the molecule is CCCN(C(=O)[C@@H](N=[N+]=[N-])C(C)CC)[C@@H](CC(=O)C1=NC(C(=O)OCC)CS1)C(C)C. The first-order valence-corrected chi connectivity index (χ1v) is 11.9. The van der Waals surface area contributed by atoms with Crippen LogP contribution in [0.15, 0.2) is 10.1 Å². The van der Waals surface area contributed by atoms with Crippen LogP contribution in [-0.4, -0.2) is 64.6 Å². The van der Waals surface area contributed by atoms with Crippen molar-refractivity contribution in [2.45, 2.75) is 78.9 Å². The van der Waals surface area contributed by atoms with Gasteiger partial charge in [0.25, 0.3) is 0 Å². The van der Waals surface area contributed by atoms with Gasteiger partial charge in [-0.3, -0.25) is 14.6 Å². The zero-order valence-corrected chi connectivity index (χ0v) is 20.2. The van der Waals surface area contributed by atoms with Crippen molar-refractivity contribution in [2.75, 3.05) is 18.9 Å². The molecular formula is C21H35N5O4S. The van der Waals surface area contributed by atoms with E-state index in [9.17, 15) is 14.4 Å². The van der Waals surface area contributed by atoms with Crippen LogP contribution in [0, 0.1) is 11.8 Å². The van der Waals surface area contributed by atoms with Gasteiger partial charge in [-0.1, -0.05) is 46.2 Å². The number of thioether (sulfide) groups is 1. The summed E-state index contributed by atoms with van der Waals surface area (Å²) >= 11 is 1.25. The Morgan fingerprint density at radius 1 is 1.29 bits per heavy atom. The van der Waals surface area contributed by atoms with Crippen molar-refractivity contribution in [3.8, 4) is 0 Å². The highest BCUT2D eigenvalue weighted by Gasteiger charge is 2.36. The highest BCUT2D eigenvalue weighted by molar-refractivity contribution is 8.16. The molecule has 1 aliphatic rings. The lowest BCUT2D eigenvalue weighted by Gasteiger charge is -2.36. The van der Waals surface area contributed by atoms with Crippen LogP contribution < -0.4 is 0 Å². The molecule has 0 aromatic heterocycles. The minimum absolute atomic E-state index is 0.0101. The summed E-state index contributed by atoms with van der Waals surface area (Å²) in [4.78, 5) is 47.1. The summed E-state index contributed by atoms with van der Waals surface area (Å²) in [7, 11) is 0. The number of hydrogen-bond acceptors (Lipinski definition) is 7. The highest BCUT2D eigenvalue weighted by Crippen LogP contribution is 2.25. The van der Waals surface area contributed by atoms with E-state index in [4.69, 9.17) is 10.3 Å². The lowest BCUT2D eigenvalue weighted by molar-refractivity contribution is -0.144. The number of hydrogen-bond donors (Lipinski definition) is 0. The standard InChI is InChI=1S/C21H35N5O4S/c1-7-10-26(20(28)18(24-25-22)14(6)8-2)16(13(4)5)11-17(27)19-23-15(12-31-19)21(29)30-9-3/h13-16,18H,7-12H2,1-6H3/t14?,15?,16-,18-/m0/s1. The predicted octanol–water partition coefficient (Wildman–Crippen LogP) is 4.01. The number of amides is 1. The molecule has 2 unspecified atom stereocenters. The Morgan fingerprint density at radius 3 is 2.48 bits per heavy atom. The quantitative estimate of drug-likeness (QED) is 0.180. The van der Waals surface area contributed by atoms with Gasteiger partial charge < -0.3 is 9.64 Å². The van der Waals surface area contributed by atoms with Crippen LogP contribution in [0.3, 0.4) is 0 Å². The predicted molar refractivity (Wildman–Crippen MR) is 123 cm³/mol. The van der Waals surface area contributed by atoms with E-state index in [1.54, 1.807) is 11.8 Å². The van der Waals surface area contributed by atoms with Crippen LogP contribution in [0.25, 0.3) is 10.4 Å². The van der Waals surface area contributed by atoms with Gasteiger partial charge in [-0.2, -0.15) is 0 Å². The van der Waals surface area contributed by atoms with Gasteiger partial charge in [0.1, 0.15) is 11.1 Å². The fourth-order valence-corrected chi connectivity index (χ4v) is 4.38. The third-order valence-corrected chi connectivity index (χ3v) is 6.46. The normalized spacial score (nSPS) is 18.5. The Kier molecular flexibility index (Phi) is 11.6. The largest absolute Gasteiger partial charge is 0.464 e. The summed E-state index contributed by atoms with van der Waals surface area (Å²) in [5, 5.41) is 4.07. The maximum absolute atomic E-state index is 13.3. The maximum atomic E-state index is 13.3. The maximum Gasteiger partial charge on any atom is 0.331 e. The van der Waals surface area contributed by atoms with E-state index in [1.807, 2.05) is 34.6 Å².